The zero-order valence-electron chi connectivity index (χ0n) is 10.3. The van der Waals surface area contributed by atoms with Gasteiger partial charge in [-0.1, -0.05) is 12.1 Å². The summed E-state index contributed by atoms with van der Waals surface area (Å²) in [6.45, 7) is 1.74. The Labute approximate surface area is 114 Å². The van der Waals surface area contributed by atoms with E-state index in [0.29, 0.717) is 5.56 Å². The molecule has 100 valence electrons. The number of benzene rings is 2. The largest absolute Gasteiger partial charge is 0.207 e. The summed E-state index contributed by atoms with van der Waals surface area (Å²) in [5, 5.41) is -0.680. The van der Waals surface area contributed by atoms with Crippen molar-refractivity contribution in [1.29, 1.82) is 0 Å². The Balaban J connectivity index is 2.28. The van der Waals surface area contributed by atoms with Gasteiger partial charge in [-0.25, -0.2) is 13.2 Å². The number of rotatable bonds is 3. The molecule has 0 aliphatic rings. The van der Waals surface area contributed by atoms with Gasteiger partial charge in [-0.3, -0.25) is 0 Å². The highest BCUT2D eigenvalue weighted by Crippen LogP contribution is 2.28. The van der Waals surface area contributed by atoms with Crippen LogP contribution in [0.5, 0.6) is 0 Å². The second kappa shape index (κ2) is 5.66. The molecule has 2 aromatic carbocycles. The molecule has 2 rings (SSSR count). The Morgan fingerprint density at radius 1 is 1.05 bits per heavy atom. The minimum Gasteiger partial charge on any atom is -0.207 e. The molecule has 0 amide bonds. The predicted octanol–water partition coefficient (Wildman–Crippen LogP) is 4.93. The van der Waals surface area contributed by atoms with Crippen molar-refractivity contribution in [2.24, 2.45) is 0 Å². The molecule has 0 nitrogen and oxygen atoms in total. The van der Waals surface area contributed by atoms with Gasteiger partial charge in [0.2, 0.25) is 0 Å². The average Bonchev–Trinajstić information content (AvgIpc) is 2.32. The van der Waals surface area contributed by atoms with E-state index in [4.69, 9.17) is 11.6 Å². The molecule has 2 aromatic rings. The van der Waals surface area contributed by atoms with E-state index in [1.165, 1.54) is 30.3 Å². The maximum absolute atomic E-state index is 13.5. The van der Waals surface area contributed by atoms with Crippen molar-refractivity contribution < 1.29 is 13.2 Å². The van der Waals surface area contributed by atoms with E-state index >= 15 is 0 Å². The van der Waals surface area contributed by atoms with Gasteiger partial charge < -0.3 is 0 Å². The van der Waals surface area contributed by atoms with Crippen LogP contribution in [0.25, 0.3) is 0 Å². The fourth-order valence-corrected chi connectivity index (χ4v) is 2.25. The summed E-state index contributed by atoms with van der Waals surface area (Å²) in [6.07, 6.45) is -0.0248. The Hall–Kier alpha value is -1.48. The van der Waals surface area contributed by atoms with Gasteiger partial charge in [0.15, 0.2) is 0 Å². The lowest BCUT2D eigenvalue weighted by Gasteiger charge is -2.12. The molecule has 1 unspecified atom stereocenters. The number of alkyl halides is 1. The van der Waals surface area contributed by atoms with Crippen molar-refractivity contribution in [2.45, 2.75) is 18.7 Å². The van der Waals surface area contributed by atoms with Crippen LogP contribution >= 0.6 is 11.6 Å². The standard InChI is InChI=1S/C15H12ClF3/c1-9-5-10(7-11(17)6-9)13(16)8-12-14(18)3-2-4-15(12)19/h2-7,13H,8H2,1H3. The van der Waals surface area contributed by atoms with Crippen LogP contribution in [0.3, 0.4) is 0 Å². The maximum Gasteiger partial charge on any atom is 0.129 e. The van der Waals surface area contributed by atoms with E-state index in [1.54, 1.807) is 13.0 Å². The summed E-state index contributed by atoms with van der Waals surface area (Å²) in [7, 11) is 0. The van der Waals surface area contributed by atoms with Crippen LogP contribution < -0.4 is 0 Å². The lowest BCUT2D eigenvalue weighted by Crippen LogP contribution is -2.02. The fraction of sp³-hybridized carbons (Fsp3) is 0.200. The summed E-state index contributed by atoms with van der Waals surface area (Å²) in [4.78, 5) is 0. The van der Waals surface area contributed by atoms with Gasteiger partial charge in [-0.15, -0.1) is 11.6 Å². The SMILES string of the molecule is Cc1cc(F)cc(C(Cl)Cc2c(F)cccc2F)c1. The molecule has 0 heterocycles. The van der Waals surface area contributed by atoms with Gasteiger partial charge in [-0.2, -0.15) is 0 Å². The van der Waals surface area contributed by atoms with E-state index in [-0.39, 0.29) is 12.0 Å². The first-order valence-electron chi connectivity index (χ1n) is 5.81. The molecule has 0 bridgehead atoms. The van der Waals surface area contributed by atoms with E-state index in [0.717, 1.165) is 5.56 Å². The van der Waals surface area contributed by atoms with Crippen LogP contribution in [0, 0.1) is 24.4 Å². The Morgan fingerprint density at radius 2 is 1.68 bits per heavy atom. The minimum atomic E-state index is -0.680. The van der Waals surface area contributed by atoms with Crippen LogP contribution in [-0.4, -0.2) is 0 Å². The van der Waals surface area contributed by atoms with Gasteiger partial charge in [-0.05, 0) is 48.7 Å². The third kappa shape index (κ3) is 3.29. The average molecular weight is 285 g/mol. The molecular formula is C15H12ClF3. The maximum atomic E-state index is 13.5. The number of hydrogen-bond acceptors (Lipinski definition) is 0. The van der Waals surface area contributed by atoms with Crippen LogP contribution in [0.1, 0.15) is 22.1 Å². The highest BCUT2D eigenvalue weighted by atomic mass is 35.5. The molecule has 0 fully saturated rings. The third-order valence-electron chi connectivity index (χ3n) is 2.87. The molecule has 0 aliphatic carbocycles. The summed E-state index contributed by atoms with van der Waals surface area (Å²) in [6, 6.07) is 8.02. The Morgan fingerprint density at radius 3 is 2.26 bits per heavy atom. The molecule has 4 heteroatoms. The Bertz CT molecular complexity index is 555. The van der Waals surface area contributed by atoms with Crippen LogP contribution in [0.4, 0.5) is 13.2 Å². The monoisotopic (exact) mass is 284 g/mol. The van der Waals surface area contributed by atoms with Crippen molar-refractivity contribution >= 4 is 11.6 Å². The summed E-state index contributed by atoms with van der Waals surface area (Å²) in [5.74, 6) is -1.69. The lowest BCUT2D eigenvalue weighted by atomic mass is 10.0. The topological polar surface area (TPSA) is 0 Å². The fourth-order valence-electron chi connectivity index (χ4n) is 1.97. The smallest absolute Gasteiger partial charge is 0.129 e. The first-order valence-corrected chi connectivity index (χ1v) is 6.25. The van der Waals surface area contributed by atoms with Crippen molar-refractivity contribution in [3.8, 4) is 0 Å². The molecule has 1 atom stereocenters. The van der Waals surface area contributed by atoms with E-state index < -0.39 is 22.8 Å². The molecule has 0 saturated carbocycles. The van der Waals surface area contributed by atoms with Crippen molar-refractivity contribution in [1.82, 2.24) is 0 Å². The van der Waals surface area contributed by atoms with Crippen molar-refractivity contribution in [3.05, 3.63) is 70.5 Å². The lowest BCUT2D eigenvalue weighted by molar-refractivity contribution is 0.552. The molecule has 0 aromatic heterocycles. The zero-order chi connectivity index (χ0) is 14.0. The summed E-state index contributed by atoms with van der Waals surface area (Å²) >= 11 is 6.13. The van der Waals surface area contributed by atoms with Crippen LogP contribution in [0.2, 0.25) is 0 Å². The molecule has 19 heavy (non-hydrogen) atoms. The highest BCUT2D eigenvalue weighted by molar-refractivity contribution is 6.20. The molecule has 0 N–H and O–H groups in total. The van der Waals surface area contributed by atoms with Crippen LogP contribution in [-0.2, 0) is 6.42 Å². The molecular weight excluding hydrogens is 273 g/mol. The molecule has 0 radical (unpaired) electrons. The first-order chi connectivity index (χ1) is 8.97. The second-order valence-electron chi connectivity index (χ2n) is 4.43. The number of halogens is 4. The second-order valence-corrected chi connectivity index (χ2v) is 4.96. The van der Waals surface area contributed by atoms with Crippen LogP contribution in [0.15, 0.2) is 36.4 Å². The number of aryl methyl sites for hydroxylation is 1. The highest BCUT2D eigenvalue weighted by Gasteiger charge is 2.16. The normalized spacial score (nSPS) is 12.5. The van der Waals surface area contributed by atoms with Crippen molar-refractivity contribution in [2.75, 3.05) is 0 Å². The van der Waals surface area contributed by atoms with Gasteiger partial charge in [0.1, 0.15) is 17.5 Å². The molecule has 0 spiro atoms. The quantitative estimate of drug-likeness (QED) is 0.701. The predicted molar refractivity (Wildman–Crippen MR) is 69.8 cm³/mol. The minimum absolute atomic E-state index is 0.0248. The first kappa shape index (κ1) is 13.9. The Kier molecular flexibility index (Phi) is 4.15. The van der Waals surface area contributed by atoms with Gasteiger partial charge in [0, 0.05) is 5.56 Å². The zero-order valence-corrected chi connectivity index (χ0v) is 11.0. The van der Waals surface area contributed by atoms with E-state index in [2.05, 4.69) is 0 Å². The molecule has 0 saturated heterocycles. The summed E-state index contributed by atoms with van der Waals surface area (Å²) < 4.78 is 40.3. The molecule has 0 aliphatic heterocycles. The van der Waals surface area contributed by atoms with E-state index in [9.17, 15) is 13.2 Å². The number of hydrogen-bond donors (Lipinski definition) is 0. The van der Waals surface area contributed by atoms with Gasteiger partial charge >= 0.3 is 0 Å². The van der Waals surface area contributed by atoms with Gasteiger partial charge in [0.25, 0.3) is 0 Å². The third-order valence-corrected chi connectivity index (χ3v) is 3.28. The van der Waals surface area contributed by atoms with E-state index in [1.807, 2.05) is 0 Å². The van der Waals surface area contributed by atoms with Gasteiger partial charge in [0.05, 0.1) is 5.38 Å². The van der Waals surface area contributed by atoms with Crippen molar-refractivity contribution in [3.63, 3.8) is 0 Å². The summed E-state index contributed by atoms with van der Waals surface area (Å²) in [5.41, 5.74) is 1.15.